The van der Waals surface area contributed by atoms with E-state index in [0.717, 1.165) is 0 Å². The predicted molar refractivity (Wildman–Crippen MR) is 109 cm³/mol. The number of rotatable bonds is 4. The van der Waals surface area contributed by atoms with Gasteiger partial charge >= 0.3 is 0 Å². The Hall–Kier alpha value is -1.63. The highest BCUT2D eigenvalue weighted by atomic mass is 31.2. The summed E-state index contributed by atoms with van der Waals surface area (Å²) in [4.78, 5) is 0. The summed E-state index contributed by atoms with van der Waals surface area (Å²) in [6.45, 7) is 4.88. The summed E-state index contributed by atoms with van der Waals surface area (Å²) in [5.74, 6) is 0. The van der Waals surface area contributed by atoms with E-state index in [2.05, 4.69) is 98.1 Å². The van der Waals surface area contributed by atoms with E-state index in [1.54, 1.807) is 5.30 Å². The minimum Gasteiger partial charge on any atom is -0.216 e. The molecule has 0 heterocycles. The molecular weight excluding hydrogens is 296 g/mol. The van der Waals surface area contributed by atoms with Crippen molar-refractivity contribution in [3.05, 3.63) is 78.4 Å². The van der Waals surface area contributed by atoms with Gasteiger partial charge in [-0.25, -0.2) is 4.67 Å². The van der Waals surface area contributed by atoms with E-state index in [1.165, 1.54) is 16.3 Å². The van der Waals surface area contributed by atoms with Crippen LogP contribution in [-0.2, 0) is 0 Å². The quantitative estimate of drug-likeness (QED) is 0.519. The molecular formula is C20H25BNP. The first-order valence-corrected chi connectivity index (χ1v) is 9.42. The topological polar surface area (TPSA) is 3.24 Å². The molecule has 3 aromatic carbocycles. The summed E-state index contributed by atoms with van der Waals surface area (Å²) < 4.78 is 2.68. The molecule has 0 saturated heterocycles. The number of fused-ring (bicyclic) bond motifs is 1. The molecule has 0 spiro atoms. The third-order valence-electron chi connectivity index (χ3n) is 4.44. The fraction of sp³-hybridized carbons (Fsp3) is 0.200. The molecule has 0 aromatic heterocycles. The number of nitrogens with zero attached hydrogens (tertiary/aromatic N) is 1. The second kappa shape index (κ2) is 6.47. The van der Waals surface area contributed by atoms with Crippen LogP contribution in [0.1, 0.15) is 18.5 Å². The Labute approximate surface area is 141 Å². The molecule has 0 N–H and O–H groups in total. The summed E-state index contributed by atoms with van der Waals surface area (Å²) in [7, 11) is 1.44. The standard InChI is InChI=1S/C20H25BNP/c1-16(19-15-9-11-17-10-7-8-14-20(17)19)22(2)23(3,21)18-12-5-4-6-13-18/h4-16H,1-3,21H3/t16-,23?/m0/s1. The van der Waals surface area contributed by atoms with E-state index in [9.17, 15) is 0 Å². The molecule has 3 aromatic rings. The zero-order valence-corrected chi connectivity index (χ0v) is 14.3. The molecule has 2 atom stereocenters. The van der Waals surface area contributed by atoms with Crippen LogP contribution in [0.25, 0.3) is 10.8 Å². The van der Waals surface area contributed by atoms with Gasteiger partial charge in [-0.1, -0.05) is 68.0 Å². The first-order valence-electron chi connectivity index (χ1n) is 7.67. The molecule has 0 aliphatic heterocycles. The van der Waals surface area contributed by atoms with Crippen molar-refractivity contribution in [3.63, 3.8) is 0 Å². The van der Waals surface area contributed by atoms with Gasteiger partial charge in [0.05, 0.1) is 11.3 Å². The molecule has 0 aliphatic carbocycles. The van der Waals surface area contributed by atoms with Crippen LogP contribution in [0.4, 0.5) is 0 Å². The maximum Gasteiger partial charge on any atom is 0.150 e. The molecule has 1 unspecified atom stereocenters. The molecule has 3 rings (SSSR count). The van der Waals surface area contributed by atoms with Crippen molar-refractivity contribution < 1.29 is 0 Å². The van der Waals surface area contributed by atoms with Crippen LogP contribution in [0.2, 0.25) is 0 Å². The van der Waals surface area contributed by atoms with E-state index in [1.807, 2.05) is 0 Å². The minimum atomic E-state index is -1.10. The third-order valence-corrected chi connectivity index (χ3v) is 6.78. The van der Waals surface area contributed by atoms with Crippen LogP contribution in [0.3, 0.4) is 0 Å². The van der Waals surface area contributed by atoms with Crippen molar-refractivity contribution in [2.45, 2.75) is 13.0 Å². The molecule has 23 heavy (non-hydrogen) atoms. The first kappa shape index (κ1) is 16.2. The van der Waals surface area contributed by atoms with E-state index < -0.39 is 7.29 Å². The number of benzene rings is 3. The van der Waals surface area contributed by atoms with Crippen LogP contribution < -0.4 is 5.30 Å². The zero-order chi connectivity index (χ0) is 16.4. The molecule has 0 bridgehead atoms. The highest BCUT2D eigenvalue weighted by Gasteiger charge is 2.31. The molecule has 0 radical (unpaired) electrons. The lowest BCUT2D eigenvalue weighted by molar-refractivity contribution is 0.442. The lowest BCUT2D eigenvalue weighted by Crippen LogP contribution is -2.29. The Balaban J connectivity index is 2.00. The van der Waals surface area contributed by atoms with Crippen LogP contribution in [0, 0.1) is 0 Å². The van der Waals surface area contributed by atoms with Gasteiger partial charge in [-0.2, -0.15) is 0 Å². The summed E-state index contributed by atoms with van der Waals surface area (Å²) in [6, 6.07) is 27.0. The zero-order valence-electron chi connectivity index (χ0n) is 13.4. The third kappa shape index (κ3) is 3.07. The van der Waals surface area contributed by atoms with Gasteiger partial charge in [-0.15, -0.1) is 0 Å². The van der Waals surface area contributed by atoms with E-state index in [4.69, 9.17) is 0 Å². The largest absolute Gasteiger partial charge is 0.216 e. The molecule has 0 amide bonds. The van der Waals surface area contributed by atoms with E-state index >= 15 is 0 Å². The minimum absolute atomic E-state index is 0.210. The fourth-order valence-electron chi connectivity index (χ4n) is 2.90. The number of hydrogen-bond donors (Lipinski definition) is 0. The molecule has 1 nitrogen and oxygen atoms in total. The van der Waals surface area contributed by atoms with Crippen molar-refractivity contribution >= 4 is 30.9 Å². The SMILES string of the molecule is [BH3-][P+](C)(c1ccccc1)N(C)[C@@H](C)c1cccc2ccccc12. The van der Waals surface area contributed by atoms with Crippen molar-refractivity contribution in [1.29, 1.82) is 0 Å². The lowest BCUT2D eigenvalue weighted by atomic mass is 10.00. The second-order valence-corrected chi connectivity index (χ2v) is 7.87. The van der Waals surface area contributed by atoms with Gasteiger partial charge < -0.3 is 0 Å². The maximum absolute atomic E-state index is 2.68. The molecule has 3 heteroatoms. The fourth-order valence-corrected chi connectivity index (χ4v) is 4.51. The Morgan fingerprint density at radius 3 is 2.22 bits per heavy atom. The van der Waals surface area contributed by atoms with Crippen LogP contribution in [0.15, 0.2) is 72.8 Å². The van der Waals surface area contributed by atoms with Gasteiger partial charge in [-0.05, 0) is 35.4 Å². The van der Waals surface area contributed by atoms with Crippen molar-refractivity contribution in [1.82, 2.24) is 4.67 Å². The van der Waals surface area contributed by atoms with Gasteiger partial charge in [0.1, 0.15) is 0 Å². The monoisotopic (exact) mass is 321 g/mol. The van der Waals surface area contributed by atoms with Gasteiger partial charge in [-0.3, -0.25) is 0 Å². The average molecular weight is 321 g/mol. The molecule has 0 aliphatic rings. The summed E-state index contributed by atoms with van der Waals surface area (Å²) in [6.07, 6.45) is 0. The van der Waals surface area contributed by atoms with Crippen molar-refractivity contribution in [2.75, 3.05) is 13.7 Å². The normalized spacial score (nSPS) is 15.5. The predicted octanol–water partition coefficient (Wildman–Crippen LogP) is 4.00. The summed E-state index contributed by atoms with van der Waals surface area (Å²) >= 11 is 0. The van der Waals surface area contributed by atoms with Gasteiger partial charge in [0.25, 0.3) is 0 Å². The van der Waals surface area contributed by atoms with Crippen molar-refractivity contribution in [2.24, 2.45) is 0 Å². The highest BCUT2D eigenvalue weighted by Crippen LogP contribution is 2.55. The Bertz CT molecular complexity index is 796. The number of hydrogen-bond acceptors (Lipinski definition) is 1. The Morgan fingerprint density at radius 2 is 1.48 bits per heavy atom. The van der Waals surface area contributed by atoms with Gasteiger partial charge in [0.2, 0.25) is 0 Å². The highest BCUT2D eigenvalue weighted by molar-refractivity contribution is 8.00. The molecule has 118 valence electrons. The second-order valence-electron chi connectivity index (χ2n) is 5.68. The Morgan fingerprint density at radius 1 is 0.870 bits per heavy atom. The van der Waals surface area contributed by atoms with Crippen LogP contribution in [-0.4, -0.2) is 25.9 Å². The van der Waals surface area contributed by atoms with E-state index in [0.29, 0.717) is 6.04 Å². The Kier molecular flexibility index (Phi) is 4.57. The van der Waals surface area contributed by atoms with Crippen LogP contribution in [0.5, 0.6) is 0 Å². The van der Waals surface area contributed by atoms with Gasteiger partial charge in [0.15, 0.2) is 7.57 Å². The lowest BCUT2D eigenvalue weighted by Gasteiger charge is -2.39. The van der Waals surface area contributed by atoms with Crippen LogP contribution >= 0.6 is 7.29 Å². The first-order chi connectivity index (χ1) is 11.0. The van der Waals surface area contributed by atoms with Gasteiger partial charge in [0, 0.05) is 13.7 Å². The smallest absolute Gasteiger partial charge is 0.150 e. The molecule has 0 saturated carbocycles. The van der Waals surface area contributed by atoms with Crippen molar-refractivity contribution in [3.8, 4) is 0 Å². The summed E-state index contributed by atoms with van der Waals surface area (Å²) in [5.41, 5.74) is 1.45. The van der Waals surface area contributed by atoms with E-state index in [-0.39, 0.29) is 7.57 Å². The maximum atomic E-state index is 2.68. The molecule has 0 fully saturated rings. The summed E-state index contributed by atoms with van der Waals surface area (Å²) in [5, 5.41) is 4.30. The average Bonchev–Trinajstić information content (AvgIpc) is 2.60.